The molecular formula is C15H19ClN2OS. The highest BCUT2D eigenvalue weighted by molar-refractivity contribution is 7.11. The summed E-state index contributed by atoms with van der Waals surface area (Å²) in [7, 11) is 0. The minimum atomic E-state index is -0.523. The first-order chi connectivity index (χ1) is 9.56. The normalized spacial score (nSPS) is 12.8. The van der Waals surface area contributed by atoms with Gasteiger partial charge in [-0.1, -0.05) is 37.6 Å². The minimum Gasteiger partial charge on any atom is -0.387 e. The van der Waals surface area contributed by atoms with E-state index in [1.165, 1.54) is 4.88 Å². The lowest BCUT2D eigenvalue weighted by molar-refractivity contribution is 0.174. The van der Waals surface area contributed by atoms with Crippen LogP contribution in [0.25, 0.3) is 0 Å². The van der Waals surface area contributed by atoms with Crippen molar-refractivity contribution in [2.45, 2.75) is 32.4 Å². The van der Waals surface area contributed by atoms with E-state index < -0.39 is 6.10 Å². The summed E-state index contributed by atoms with van der Waals surface area (Å²) < 4.78 is 0. The number of aromatic nitrogens is 1. The third-order valence-corrected chi connectivity index (χ3v) is 4.51. The number of halogens is 1. The highest BCUT2D eigenvalue weighted by atomic mass is 35.5. The molecule has 0 aliphatic rings. The highest BCUT2D eigenvalue weighted by Gasteiger charge is 2.08. The number of benzene rings is 1. The minimum absolute atomic E-state index is 0.466. The number of nitrogens with one attached hydrogen (secondary N) is 1. The molecule has 20 heavy (non-hydrogen) atoms. The molecular weight excluding hydrogens is 292 g/mol. The number of nitrogens with zero attached hydrogens (tertiary/aromatic N) is 1. The third kappa shape index (κ3) is 4.28. The Labute approximate surface area is 128 Å². The first-order valence-corrected chi connectivity index (χ1v) is 7.84. The second-order valence-electron chi connectivity index (χ2n) is 5.02. The molecule has 0 fully saturated rings. The van der Waals surface area contributed by atoms with Crippen molar-refractivity contribution in [3.05, 3.63) is 50.9 Å². The van der Waals surface area contributed by atoms with E-state index in [1.54, 1.807) is 23.5 Å². The molecule has 2 rings (SSSR count). The first-order valence-electron chi connectivity index (χ1n) is 6.65. The molecule has 1 aromatic carbocycles. The van der Waals surface area contributed by atoms with E-state index >= 15 is 0 Å². The monoisotopic (exact) mass is 310 g/mol. The number of rotatable bonds is 6. The molecule has 0 amide bonds. The Morgan fingerprint density at radius 1 is 1.30 bits per heavy atom. The summed E-state index contributed by atoms with van der Waals surface area (Å²) >= 11 is 7.54. The predicted molar refractivity (Wildman–Crippen MR) is 84.3 cm³/mol. The molecule has 0 bridgehead atoms. The lowest BCUT2D eigenvalue weighted by Gasteiger charge is -2.11. The standard InChI is InChI=1S/C15H19ClN2OS/c1-10(2)15-18-8-13(20-15)7-17-9-14(19)11-3-5-12(16)6-4-11/h3-6,8,10,14,17,19H,7,9H2,1-2H3/t14-/m1/s1. The van der Waals surface area contributed by atoms with Crippen LogP contribution in [0.4, 0.5) is 0 Å². The Kier molecular flexibility index (Phi) is 5.54. The summed E-state index contributed by atoms with van der Waals surface area (Å²) in [6, 6.07) is 7.27. The van der Waals surface area contributed by atoms with Crippen LogP contribution in [0.3, 0.4) is 0 Å². The number of hydrogen-bond donors (Lipinski definition) is 2. The highest BCUT2D eigenvalue weighted by Crippen LogP contribution is 2.21. The van der Waals surface area contributed by atoms with Crippen LogP contribution >= 0.6 is 22.9 Å². The quantitative estimate of drug-likeness (QED) is 0.854. The fraction of sp³-hybridized carbons (Fsp3) is 0.400. The van der Waals surface area contributed by atoms with Crippen molar-refractivity contribution in [3.63, 3.8) is 0 Å². The topological polar surface area (TPSA) is 45.2 Å². The molecule has 0 unspecified atom stereocenters. The number of thiazole rings is 1. The summed E-state index contributed by atoms with van der Waals surface area (Å²) in [5.41, 5.74) is 0.870. The van der Waals surface area contributed by atoms with Crippen molar-refractivity contribution in [1.82, 2.24) is 10.3 Å². The lowest BCUT2D eigenvalue weighted by atomic mass is 10.1. The summed E-state index contributed by atoms with van der Waals surface area (Å²) in [5, 5.41) is 15.2. The molecule has 0 aliphatic carbocycles. The van der Waals surface area contributed by atoms with E-state index in [0.717, 1.165) is 17.1 Å². The smallest absolute Gasteiger partial charge is 0.0953 e. The molecule has 5 heteroatoms. The molecule has 0 saturated heterocycles. The van der Waals surface area contributed by atoms with Gasteiger partial charge in [0.05, 0.1) is 11.1 Å². The van der Waals surface area contributed by atoms with Crippen LogP contribution < -0.4 is 5.32 Å². The van der Waals surface area contributed by atoms with Gasteiger partial charge in [-0.2, -0.15) is 0 Å². The molecule has 0 aliphatic heterocycles. The molecule has 1 heterocycles. The van der Waals surface area contributed by atoms with Crippen LogP contribution in [0.5, 0.6) is 0 Å². The largest absolute Gasteiger partial charge is 0.387 e. The fourth-order valence-corrected chi connectivity index (χ4v) is 2.82. The van der Waals surface area contributed by atoms with E-state index in [2.05, 4.69) is 24.1 Å². The molecule has 1 atom stereocenters. The van der Waals surface area contributed by atoms with Crippen LogP contribution in [0.2, 0.25) is 5.02 Å². The zero-order valence-corrected chi connectivity index (χ0v) is 13.2. The zero-order valence-electron chi connectivity index (χ0n) is 11.6. The van der Waals surface area contributed by atoms with Gasteiger partial charge in [0.15, 0.2) is 0 Å². The maximum absolute atomic E-state index is 10.1. The summed E-state index contributed by atoms with van der Waals surface area (Å²) in [6.07, 6.45) is 1.38. The second kappa shape index (κ2) is 7.18. The van der Waals surface area contributed by atoms with Crippen molar-refractivity contribution in [3.8, 4) is 0 Å². The Balaban J connectivity index is 1.81. The van der Waals surface area contributed by atoms with Crippen molar-refractivity contribution in [1.29, 1.82) is 0 Å². The maximum Gasteiger partial charge on any atom is 0.0953 e. The van der Waals surface area contributed by atoms with E-state index in [0.29, 0.717) is 17.5 Å². The van der Waals surface area contributed by atoms with Crippen molar-refractivity contribution < 1.29 is 5.11 Å². The van der Waals surface area contributed by atoms with Gasteiger partial charge in [0.1, 0.15) is 0 Å². The number of aliphatic hydroxyl groups excluding tert-OH is 1. The summed E-state index contributed by atoms with van der Waals surface area (Å²) in [5.74, 6) is 0.466. The Bertz CT molecular complexity index is 539. The molecule has 2 aromatic rings. The van der Waals surface area contributed by atoms with Gasteiger partial charge in [0.2, 0.25) is 0 Å². The second-order valence-corrected chi connectivity index (χ2v) is 6.60. The molecule has 3 nitrogen and oxygen atoms in total. The summed E-state index contributed by atoms with van der Waals surface area (Å²) in [4.78, 5) is 5.57. The van der Waals surface area contributed by atoms with E-state index in [9.17, 15) is 5.11 Å². The lowest BCUT2D eigenvalue weighted by Crippen LogP contribution is -2.20. The number of hydrogen-bond acceptors (Lipinski definition) is 4. The average molecular weight is 311 g/mol. The Morgan fingerprint density at radius 3 is 2.60 bits per heavy atom. The van der Waals surface area contributed by atoms with Crippen molar-refractivity contribution >= 4 is 22.9 Å². The van der Waals surface area contributed by atoms with Gasteiger partial charge < -0.3 is 10.4 Å². The van der Waals surface area contributed by atoms with Crippen molar-refractivity contribution in [2.75, 3.05) is 6.54 Å². The van der Waals surface area contributed by atoms with Crippen LogP contribution in [0.1, 0.15) is 41.3 Å². The van der Waals surface area contributed by atoms with E-state index in [1.807, 2.05) is 18.3 Å². The summed E-state index contributed by atoms with van der Waals surface area (Å²) in [6.45, 7) is 5.52. The van der Waals surface area contributed by atoms with Crippen molar-refractivity contribution in [2.24, 2.45) is 0 Å². The van der Waals surface area contributed by atoms with Gasteiger partial charge in [-0.15, -0.1) is 11.3 Å². The Morgan fingerprint density at radius 2 is 2.00 bits per heavy atom. The third-order valence-electron chi connectivity index (χ3n) is 2.96. The molecule has 2 N–H and O–H groups in total. The van der Waals surface area contributed by atoms with Crippen LogP contribution in [-0.2, 0) is 6.54 Å². The number of aliphatic hydroxyl groups is 1. The van der Waals surface area contributed by atoms with Gasteiger partial charge >= 0.3 is 0 Å². The van der Waals surface area contributed by atoms with Gasteiger partial charge in [-0.05, 0) is 17.7 Å². The van der Waals surface area contributed by atoms with Gasteiger partial charge in [0.25, 0.3) is 0 Å². The van der Waals surface area contributed by atoms with E-state index in [4.69, 9.17) is 11.6 Å². The average Bonchev–Trinajstić information content (AvgIpc) is 2.88. The van der Waals surface area contributed by atoms with Crippen LogP contribution in [0.15, 0.2) is 30.5 Å². The van der Waals surface area contributed by atoms with Crippen LogP contribution in [-0.4, -0.2) is 16.6 Å². The molecule has 108 valence electrons. The first kappa shape index (κ1) is 15.4. The maximum atomic E-state index is 10.1. The zero-order chi connectivity index (χ0) is 14.5. The van der Waals surface area contributed by atoms with E-state index in [-0.39, 0.29) is 0 Å². The molecule has 0 radical (unpaired) electrons. The predicted octanol–water partition coefficient (Wildman–Crippen LogP) is 3.74. The van der Waals surface area contributed by atoms with Crippen LogP contribution in [0, 0.1) is 0 Å². The Hall–Kier alpha value is -0.940. The SMILES string of the molecule is CC(C)c1ncc(CNC[C@@H](O)c2ccc(Cl)cc2)s1. The fourth-order valence-electron chi connectivity index (χ4n) is 1.81. The van der Waals surface area contributed by atoms with Gasteiger partial charge in [-0.3, -0.25) is 0 Å². The molecule has 0 saturated carbocycles. The van der Waals surface area contributed by atoms with Gasteiger partial charge in [0, 0.05) is 35.1 Å². The molecule has 0 spiro atoms. The van der Waals surface area contributed by atoms with Gasteiger partial charge in [-0.25, -0.2) is 4.98 Å². The molecule has 1 aromatic heterocycles.